The van der Waals surface area contributed by atoms with Crippen molar-refractivity contribution >= 4 is 27.8 Å². The topological polar surface area (TPSA) is 91.3 Å². The van der Waals surface area contributed by atoms with Gasteiger partial charge in [0.15, 0.2) is 0 Å². The summed E-state index contributed by atoms with van der Waals surface area (Å²) in [6, 6.07) is 9.56. The molecule has 6 heteroatoms. The van der Waals surface area contributed by atoms with Crippen LogP contribution in [0.5, 0.6) is 0 Å². The van der Waals surface area contributed by atoms with Crippen LogP contribution in [-0.4, -0.2) is 25.1 Å². The van der Waals surface area contributed by atoms with E-state index in [0.29, 0.717) is 5.82 Å². The molecule has 0 aliphatic rings. The van der Waals surface area contributed by atoms with E-state index in [1.807, 2.05) is 30.5 Å². The van der Waals surface area contributed by atoms with Gasteiger partial charge in [-0.2, -0.15) is 5.48 Å². The fraction of sp³-hybridized carbons (Fsp3) is 0. The zero-order valence-electron chi connectivity index (χ0n) is 11.0. The summed E-state index contributed by atoms with van der Waals surface area (Å²) in [6.45, 7) is 0. The fourth-order valence-electron chi connectivity index (χ4n) is 2.41. The van der Waals surface area contributed by atoms with E-state index in [-0.39, 0.29) is 0 Å². The number of aromatic amines is 1. The maximum Gasteiger partial charge on any atom is 0.256 e. The van der Waals surface area contributed by atoms with Gasteiger partial charge in [-0.25, -0.2) is 15.2 Å². The van der Waals surface area contributed by atoms with Gasteiger partial charge < -0.3 is 4.98 Å². The zero-order valence-corrected chi connectivity index (χ0v) is 11.0. The number of quaternary nitrogens is 1. The van der Waals surface area contributed by atoms with E-state index in [1.165, 1.54) is 0 Å². The van der Waals surface area contributed by atoms with Gasteiger partial charge in [0.25, 0.3) is 5.82 Å². The summed E-state index contributed by atoms with van der Waals surface area (Å²) in [5.74, 6) is 0.525. The number of nitrogens with two attached hydrogens (primary N) is 1. The molecule has 0 fully saturated rings. The average Bonchev–Trinajstić information content (AvgIpc) is 2.92. The molecular formula is C15H12N5O+. The number of H-pyrrole nitrogens is 1. The van der Waals surface area contributed by atoms with Crippen LogP contribution in [-0.2, 0) is 0 Å². The van der Waals surface area contributed by atoms with Gasteiger partial charge in [0.05, 0.1) is 11.2 Å². The van der Waals surface area contributed by atoms with Gasteiger partial charge in [-0.3, -0.25) is 4.98 Å². The van der Waals surface area contributed by atoms with Crippen LogP contribution in [0.15, 0.2) is 48.9 Å². The highest BCUT2D eigenvalue weighted by molar-refractivity contribution is 6.05. The van der Waals surface area contributed by atoms with Gasteiger partial charge in [0.1, 0.15) is 5.65 Å². The third-order valence-electron chi connectivity index (χ3n) is 3.47. The molecule has 0 amide bonds. The number of aromatic nitrogens is 4. The molecule has 4 rings (SSSR count). The number of rotatable bonds is 2. The summed E-state index contributed by atoms with van der Waals surface area (Å²) in [7, 11) is 0. The highest BCUT2D eigenvalue weighted by Gasteiger charge is 2.08. The fourth-order valence-corrected chi connectivity index (χ4v) is 2.41. The van der Waals surface area contributed by atoms with E-state index >= 15 is 0 Å². The summed E-state index contributed by atoms with van der Waals surface area (Å²) in [5.41, 5.74) is 4.56. The van der Waals surface area contributed by atoms with Crippen LogP contribution in [0.3, 0.4) is 0 Å². The number of hydrogen-bond acceptors (Lipinski definition) is 4. The van der Waals surface area contributed by atoms with Crippen LogP contribution in [0.4, 0.5) is 5.82 Å². The molecule has 0 saturated heterocycles. The van der Waals surface area contributed by atoms with Crippen LogP contribution in [0, 0.1) is 0 Å². The monoisotopic (exact) mass is 278 g/mol. The Labute approximate surface area is 119 Å². The van der Waals surface area contributed by atoms with E-state index in [4.69, 9.17) is 5.21 Å². The number of pyridine rings is 3. The predicted molar refractivity (Wildman–Crippen MR) is 78.0 cm³/mol. The summed E-state index contributed by atoms with van der Waals surface area (Å²) < 4.78 is 0. The molecule has 0 spiro atoms. The smallest absolute Gasteiger partial charge is 0.256 e. The molecule has 21 heavy (non-hydrogen) atoms. The summed E-state index contributed by atoms with van der Waals surface area (Å²) >= 11 is 0. The van der Waals surface area contributed by atoms with Crippen molar-refractivity contribution in [3.8, 4) is 11.3 Å². The molecule has 0 radical (unpaired) electrons. The Kier molecular flexibility index (Phi) is 2.63. The summed E-state index contributed by atoms with van der Waals surface area (Å²) in [5, 5.41) is 11.0. The van der Waals surface area contributed by atoms with E-state index in [0.717, 1.165) is 38.7 Å². The number of fused-ring (bicyclic) bond motifs is 3. The Morgan fingerprint density at radius 1 is 1.00 bits per heavy atom. The Morgan fingerprint density at radius 3 is 2.76 bits per heavy atom. The maximum absolute atomic E-state index is 8.91. The van der Waals surface area contributed by atoms with Crippen LogP contribution in [0.1, 0.15) is 0 Å². The van der Waals surface area contributed by atoms with Crippen LogP contribution in [0.25, 0.3) is 33.2 Å². The minimum absolute atomic E-state index is 0.525. The van der Waals surface area contributed by atoms with Crippen molar-refractivity contribution in [2.45, 2.75) is 0 Å². The van der Waals surface area contributed by atoms with E-state index in [2.05, 4.69) is 19.9 Å². The number of nitrogens with one attached hydrogen (secondary N) is 1. The van der Waals surface area contributed by atoms with Crippen LogP contribution >= 0.6 is 0 Å². The minimum atomic E-state index is 0.525. The lowest BCUT2D eigenvalue weighted by atomic mass is 10.1. The van der Waals surface area contributed by atoms with Crippen molar-refractivity contribution in [2.75, 3.05) is 0 Å². The SMILES string of the molecule is O[NH2+]c1ccc(-c2ccc3c(n2)[nH]c2ccncc23)cn1. The van der Waals surface area contributed by atoms with Gasteiger partial charge in [-0.15, -0.1) is 0 Å². The Balaban J connectivity index is 1.87. The normalized spacial score (nSPS) is 11.3. The van der Waals surface area contributed by atoms with Crippen molar-refractivity contribution < 1.29 is 10.7 Å². The Morgan fingerprint density at radius 2 is 1.95 bits per heavy atom. The van der Waals surface area contributed by atoms with Gasteiger partial charge in [-0.1, -0.05) is 0 Å². The lowest BCUT2D eigenvalue weighted by Gasteiger charge is -2.00. The molecule has 4 heterocycles. The lowest BCUT2D eigenvalue weighted by molar-refractivity contribution is -0.828. The first kappa shape index (κ1) is 12.0. The van der Waals surface area contributed by atoms with Crippen molar-refractivity contribution in [1.29, 1.82) is 0 Å². The standard InChI is InChI=1S/C15H11N5O/c21-20-14-4-1-9(7-17-14)12-3-2-10-11-8-16-6-5-13(11)19-15(10)18-12/h1-8,21H,(H,17,20)(H,18,19)/p+1. The van der Waals surface area contributed by atoms with Gasteiger partial charge in [0.2, 0.25) is 0 Å². The molecule has 102 valence electrons. The molecular weight excluding hydrogens is 266 g/mol. The summed E-state index contributed by atoms with van der Waals surface area (Å²) in [4.78, 5) is 16.2. The van der Waals surface area contributed by atoms with Gasteiger partial charge in [0, 0.05) is 41.0 Å². The molecule has 0 bridgehead atoms. The highest BCUT2D eigenvalue weighted by Crippen LogP contribution is 2.26. The molecule has 0 atom stereocenters. The number of hydrogen-bond donors (Lipinski definition) is 3. The molecule has 4 aromatic heterocycles. The number of nitrogens with zero attached hydrogens (tertiary/aromatic N) is 3. The maximum atomic E-state index is 8.91. The highest BCUT2D eigenvalue weighted by atomic mass is 16.5. The first-order chi connectivity index (χ1) is 10.3. The van der Waals surface area contributed by atoms with Gasteiger partial charge in [-0.05, 0) is 24.3 Å². The van der Waals surface area contributed by atoms with Crippen molar-refractivity contribution in [2.24, 2.45) is 0 Å². The predicted octanol–water partition coefficient (Wildman–Crippen LogP) is 1.76. The lowest BCUT2D eigenvalue weighted by Crippen LogP contribution is -2.74. The molecule has 0 aromatic carbocycles. The quantitative estimate of drug-likeness (QED) is 0.487. The second-order valence-electron chi connectivity index (χ2n) is 4.74. The average molecular weight is 278 g/mol. The van der Waals surface area contributed by atoms with E-state index in [9.17, 15) is 0 Å². The molecule has 0 aliphatic heterocycles. The third-order valence-corrected chi connectivity index (χ3v) is 3.47. The van der Waals surface area contributed by atoms with E-state index < -0.39 is 0 Å². The molecule has 4 N–H and O–H groups in total. The zero-order chi connectivity index (χ0) is 14.2. The van der Waals surface area contributed by atoms with Crippen LogP contribution < -0.4 is 5.48 Å². The summed E-state index contributed by atoms with van der Waals surface area (Å²) in [6.07, 6.45) is 5.29. The van der Waals surface area contributed by atoms with E-state index in [1.54, 1.807) is 18.5 Å². The second-order valence-corrected chi connectivity index (χ2v) is 4.74. The molecule has 4 aromatic rings. The largest absolute Gasteiger partial charge is 0.339 e. The van der Waals surface area contributed by atoms with Crippen molar-refractivity contribution in [3.63, 3.8) is 0 Å². The first-order valence-corrected chi connectivity index (χ1v) is 6.51. The van der Waals surface area contributed by atoms with Crippen molar-refractivity contribution in [3.05, 3.63) is 48.9 Å². The third kappa shape index (κ3) is 1.94. The Bertz CT molecular complexity index is 930. The molecule has 6 nitrogen and oxygen atoms in total. The molecule has 0 aliphatic carbocycles. The minimum Gasteiger partial charge on any atom is -0.339 e. The molecule has 0 saturated carbocycles. The molecule has 0 unspecified atom stereocenters. The Hall–Kier alpha value is -2.83. The first-order valence-electron chi connectivity index (χ1n) is 6.51. The van der Waals surface area contributed by atoms with Gasteiger partial charge >= 0.3 is 0 Å². The van der Waals surface area contributed by atoms with Crippen molar-refractivity contribution in [1.82, 2.24) is 19.9 Å². The second kappa shape index (κ2) is 4.62. The van der Waals surface area contributed by atoms with Crippen LogP contribution in [0.2, 0.25) is 0 Å².